The quantitative estimate of drug-likeness (QED) is 0.539. The fraction of sp³-hybridized carbons (Fsp3) is 0.318. The number of aromatic nitrogens is 1. The molecule has 0 amide bonds. The minimum absolute atomic E-state index is 0.194. The van der Waals surface area contributed by atoms with Gasteiger partial charge in [0.15, 0.2) is 0 Å². The SMILES string of the molecule is CC(C)c1ccc2cc(-c3ccc(C(C)(C)C)cc3)ccc2n1. The van der Waals surface area contributed by atoms with Crippen LogP contribution in [0.2, 0.25) is 0 Å². The largest absolute Gasteiger partial charge is 0.253 e. The maximum absolute atomic E-state index is 4.76. The number of rotatable bonds is 2. The van der Waals surface area contributed by atoms with Crippen LogP contribution in [0.25, 0.3) is 22.0 Å². The van der Waals surface area contributed by atoms with E-state index < -0.39 is 0 Å². The van der Waals surface area contributed by atoms with E-state index in [-0.39, 0.29) is 5.41 Å². The fourth-order valence-corrected chi connectivity index (χ4v) is 2.81. The Labute approximate surface area is 139 Å². The van der Waals surface area contributed by atoms with Gasteiger partial charge in [0.05, 0.1) is 5.52 Å². The number of nitrogens with zero attached hydrogens (tertiary/aromatic N) is 1. The third-order valence-corrected chi connectivity index (χ3v) is 4.39. The first kappa shape index (κ1) is 15.7. The summed E-state index contributed by atoms with van der Waals surface area (Å²) >= 11 is 0. The summed E-state index contributed by atoms with van der Waals surface area (Å²) in [6, 6.07) is 19.8. The van der Waals surface area contributed by atoms with E-state index in [9.17, 15) is 0 Å². The molecule has 0 saturated carbocycles. The van der Waals surface area contributed by atoms with Crippen LogP contribution >= 0.6 is 0 Å². The van der Waals surface area contributed by atoms with E-state index in [1.54, 1.807) is 0 Å². The molecule has 1 heterocycles. The highest BCUT2D eigenvalue weighted by Gasteiger charge is 2.13. The third-order valence-electron chi connectivity index (χ3n) is 4.39. The predicted molar refractivity (Wildman–Crippen MR) is 100.0 cm³/mol. The Morgan fingerprint density at radius 1 is 0.783 bits per heavy atom. The Morgan fingerprint density at radius 2 is 1.43 bits per heavy atom. The van der Waals surface area contributed by atoms with Gasteiger partial charge in [-0.25, -0.2) is 0 Å². The normalized spacial score (nSPS) is 12.1. The van der Waals surface area contributed by atoms with Crippen LogP contribution in [-0.2, 0) is 5.41 Å². The second-order valence-electron chi connectivity index (χ2n) is 7.63. The molecule has 0 radical (unpaired) electrons. The van der Waals surface area contributed by atoms with Crippen LogP contribution in [0.1, 0.15) is 51.8 Å². The van der Waals surface area contributed by atoms with Crippen LogP contribution in [0.3, 0.4) is 0 Å². The Hall–Kier alpha value is -2.15. The number of hydrogen-bond donors (Lipinski definition) is 0. The van der Waals surface area contributed by atoms with E-state index in [4.69, 9.17) is 4.98 Å². The van der Waals surface area contributed by atoms with E-state index in [1.807, 2.05) is 0 Å². The first-order chi connectivity index (χ1) is 10.8. The standard InChI is InChI=1S/C22H25N/c1-15(2)20-12-9-18-14-17(8-13-21(18)23-20)16-6-10-19(11-7-16)22(3,4)5/h6-15H,1-5H3. The summed E-state index contributed by atoms with van der Waals surface area (Å²) < 4.78 is 0. The van der Waals surface area contributed by atoms with Crippen LogP contribution in [-0.4, -0.2) is 4.98 Å². The lowest BCUT2D eigenvalue weighted by Crippen LogP contribution is -2.10. The number of benzene rings is 2. The van der Waals surface area contributed by atoms with Gasteiger partial charge in [-0.15, -0.1) is 0 Å². The smallest absolute Gasteiger partial charge is 0.0705 e. The molecule has 0 aliphatic heterocycles. The maximum Gasteiger partial charge on any atom is 0.0705 e. The highest BCUT2D eigenvalue weighted by Crippen LogP contribution is 2.28. The van der Waals surface area contributed by atoms with Gasteiger partial charge >= 0.3 is 0 Å². The van der Waals surface area contributed by atoms with Crippen molar-refractivity contribution < 1.29 is 0 Å². The van der Waals surface area contributed by atoms with E-state index in [1.165, 1.54) is 22.1 Å². The molecule has 3 aromatic rings. The van der Waals surface area contributed by atoms with E-state index >= 15 is 0 Å². The fourth-order valence-electron chi connectivity index (χ4n) is 2.81. The monoisotopic (exact) mass is 303 g/mol. The second kappa shape index (κ2) is 5.81. The topological polar surface area (TPSA) is 12.9 Å². The van der Waals surface area contributed by atoms with Gasteiger partial charge in [0.2, 0.25) is 0 Å². The second-order valence-corrected chi connectivity index (χ2v) is 7.63. The van der Waals surface area contributed by atoms with Crippen molar-refractivity contribution in [2.75, 3.05) is 0 Å². The van der Waals surface area contributed by atoms with Crippen molar-refractivity contribution in [2.24, 2.45) is 0 Å². The first-order valence-electron chi connectivity index (χ1n) is 8.36. The minimum Gasteiger partial charge on any atom is -0.253 e. The lowest BCUT2D eigenvalue weighted by Gasteiger charge is -2.19. The first-order valence-corrected chi connectivity index (χ1v) is 8.36. The van der Waals surface area contributed by atoms with E-state index in [0.29, 0.717) is 5.92 Å². The molecule has 0 N–H and O–H groups in total. The van der Waals surface area contributed by atoms with Gasteiger partial charge < -0.3 is 0 Å². The van der Waals surface area contributed by atoms with Crippen molar-refractivity contribution in [1.29, 1.82) is 0 Å². The zero-order chi connectivity index (χ0) is 16.6. The molecule has 2 aromatic carbocycles. The molecule has 3 rings (SSSR count). The van der Waals surface area contributed by atoms with Crippen LogP contribution in [0, 0.1) is 0 Å². The van der Waals surface area contributed by atoms with Gasteiger partial charge in [-0.05, 0) is 46.2 Å². The summed E-state index contributed by atoms with van der Waals surface area (Å²) in [6.45, 7) is 11.1. The summed E-state index contributed by atoms with van der Waals surface area (Å²) in [6.07, 6.45) is 0. The Bertz CT molecular complexity index is 821. The minimum atomic E-state index is 0.194. The summed E-state index contributed by atoms with van der Waals surface area (Å²) in [5.74, 6) is 0.462. The number of hydrogen-bond acceptors (Lipinski definition) is 1. The van der Waals surface area contributed by atoms with Gasteiger partial charge in [-0.1, -0.05) is 71.0 Å². The molecule has 1 aromatic heterocycles. The van der Waals surface area contributed by atoms with E-state index in [0.717, 1.165) is 11.2 Å². The summed E-state index contributed by atoms with van der Waals surface area (Å²) in [5, 5.41) is 1.20. The summed E-state index contributed by atoms with van der Waals surface area (Å²) in [5.41, 5.74) is 6.29. The average molecular weight is 303 g/mol. The molecule has 0 atom stereocenters. The number of pyridine rings is 1. The van der Waals surface area contributed by atoms with Crippen molar-refractivity contribution in [3.8, 4) is 11.1 Å². The van der Waals surface area contributed by atoms with Crippen LogP contribution in [0.4, 0.5) is 0 Å². The van der Waals surface area contributed by atoms with Crippen LogP contribution < -0.4 is 0 Å². The summed E-state index contributed by atoms with van der Waals surface area (Å²) in [4.78, 5) is 4.76. The van der Waals surface area contributed by atoms with Gasteiger partial charge in [0.25, 0.3) is 0 Å². The zero-order valence-corrected chi connectivity index (χ0v) is 14.7. The molecule has 0 fully saturated rings. The van der Waals surface area contributed by atoms with Crippen molar-refractivity contribution in [2.45, 2.75) is 46.0 Å². The van der Waals surface area contributed by atoms with Gasteiger partial charge in [-0.2, -0.15) is 0 Å². The zero-order valence-electron chi connectivity index (χ0n) is 14.7. The Kier molecular flexibility index (Phi) is 3.97. The third kappa shape index (κ3) is 3.29. The predicted octanol–water partition coefficient (Wildman–Crippen LogP) is 6.32. The van der Waals surface area contributed by atoms with Crippen molar-refractivity contribution >= 4 is 10.9 Å². The summed E-state index contributed by atoms with van der Waals surface area (Å²) in [7, 11) is 0. The highest BCUT2D eigenvalue weighted by molar-refractivity contribution is 5.84. The van der Waals surface area contributed by atoms with Crippen molar-refractivity contribution in [1.82, 2.24) is 4.98 Å². The van der Waals surface area contributed by atoms with Crippen molar-refractivity contribution in [3.63, 3.8) is 0 Å². The van der Waals surface area contributed by atoms with Gasteiger partial charge in [0.1, 0.15) is 0 Å². The molecule has 0 bridgehead atoms. The highest BCUT2D eigenvalue weighted by atomic mass is 14.7. The maximum atomic E-state index is 4.76. The Morgan fingerprint density at radius 3 is 2.04 bits per heavy atom. The Balaban J connectivity index is 1.98. The molecule has 1 nitrogen and oxygen atoms in total. The lowest BCUT2D eigenvalue weighted by atomic mass is 9.86. The molecule has 1 heteroatoms. The van der Waals surface area contributed by atoms with Crippen LogP contribution in [0.5, 0.6) is 0 Å². The van der Waals surface area contributed by atoms with E-state index in [2.05, 4.69) is 89.2 Å². The molecule has 0 saturated heterocycles. The number of fused-ring (bicyclic) bond motifs is 1. The molecule has 0 aliphatic carbocycles. The van der Waals surface area contributed by atoms with Gasteiger partial charge in [-0.3, -0.25) is 4.98 Å². The van der Waals surface area contributed by atoms with Crippen molar-refractivity contribution in [3.05, 3.63) is 65.9 Å². The molecule has 0 aliphatic rings. The molecular weight excluding hydrogens is 278 g/mol. The average Bonchev–Trinajstić information content (AvgIpc) is 2.53. The molecule has 0 spiro atoms. The molecule has 0 unspecified atom stereocenters. The molecule has 23 heavy (non-hydrogen) atoms. The molecular formula is C22H25N. The molecule has 118 valence electrons. The lowest BCUT2D eigenvalue weighted by molar-refractivity contribution is 0.590. The van der Waals surface area contributed by atoms with Gasteiger partial charge in [0, 0.05) is 11.1 Å². The van der Waals surface area contributed by atoms with Crippen LogP contribution in [0.15, 0.2) is 54.6 Å².